The highest BCUT2D eigenvalue weighted by Crippen LogP contribution is 2.10. The van der Waals surface area contributed by atoms with Crippen LogP contribution in [-0.2, 0) is 4.74 Å². The SMILES string of the molecule is CCCCCCCC/C=C\CCCCCCCCOCN(CC)CCC. The molecule has 0 aromatic carbocycles. The minimum atomic E-state index is 0.815. The molecule has 0 heterocycles. The summed E-state index contributed by atoms with van der Waals surface area (Å²) in [5, 5.41) is 0. The molecule has 0 aliphatic rings. The van der Waals surface area contributed by atoms with E-state index in [0.29, 0.717) is 0 Å². The molecule has 0 aromatic rings. The number of hydrogen-bond acceptors (Lipinski definition) is 2. The van der Waals surface area contributed by atoms with Crippen molar-refractivity contribution in [3.05, 3.63) is 12.2 Å². The molecule has 0 spiro atoms. The van der Waals surface area contributed by atoms with Crippen molar-refractivity contribution in [3.63, 3.8) is 0 Å². The van der Waals surface area contributed by atoms with Crippen molar-refractivity contribution in [3.8, 4) is 0 Å². The van der Waals surface area contributed by atoms with Crippen LogP contribution < -0.4 is 0 Å². The molecule has 0 amide bonds. The Morgan fingerprint density at radius 2 is 1.15 bits per heavy atom. The van der Waals surface area contributed by atoms with Gasteiger partial charge in [-0.15, -0.1) is 0 Å². The molecule has 156 valence electrons. The van der Waals surface area contributed by atoms with Crippen molar-refractivity contribution < 1.29 is 4.74 Å². The third-order valence-corrected chi connectivity index (χ3v) is 5.06. The van der Waals surface area contributed by atoms with Crippen LogP contribution in [0.4, 0.5) is 0 Å². The van der Waals surface area contributed by atoms with E-state index in [2.05, 4.69) is 37.8 Å². The highest BCUT2D eigenvalue weighted by Gasteiger charge is 1.99. The summed E-state index contributed by atoms with van der Waals surface area (Å²) in [5.74, 6) is 0. The fraction of sp³-hybridized carbons (Fsp3) is 0.917. The lowest BCUT2D eigenvalue weighted by molar-refractivity contribution is 0.0295. The average molecular weight is 368 g/mol. The molecule has 0 aliphatic heterocycles. The van der Waals surface area contributed by atoms with E-state index >= 15 is 0 Å². The van der Waals surface area contributed by atoms with Gasteiger partial charge in [0.15, 0.2) is 0 Å². The first kappa shape index (κ1) is 25.7. The molecular weight excluding hydrogens is 318 g/mol. The van der Waals surface area contributed by atoms with Crippen molar-refractivity contribution in [2.45, 2.75) is 117 Å². The van der Waals surface area contributed by atoms with E-state index in [1.54, 1.807) is 0 Å². The van der Waals surface area contributed by atoms with E-state index < -0.39 is 0 Å². The Balaban J connectivity index is 3.16. The number of unbranched alkanes of at least 4 members (excludes halogenated alkanes) is 12. The summed E-state index contributed by atoms with van der Waals surface area (Å²) in [4.78, 5) is 2.37. The highest BCUT2D eigenvalue weighted by molar-refractivity contribution is 4.81. The normalized spacial score (nSPS) is 11.8. The standard InChI is InChI=1S/C24H49NO/c1-4-7-8-9-10-11-12-13-14-15-16-17-18-19-20-21-23-26-24-25(6-3)22-5-2/h13-14H,4-12,15-24H2,1-3H3/b14-13-. The Kier molecular flexibility index (Phi) is 22.4. The zero-order valence-electron chi connectivity index (χ0n) is 18.4. The number of rotatable bonds is 21. The molecule has 0 saturated carbocycles. The molecule has 0 saturated heterocycles. The van der Waals surface area contributed by atoms with Gasteiger partial charge in [-0.1, -0.05) is 90.7 Å². The van der Waals surface area contributed by atoms with Gasteiger partial charge in [0, 0.05) is 13.2 Å². The second kappa shape index (κ2) is 22.7. The number of ether oxygens (including phenoxy) is 1. The van der Waals surface area contributed by atoms with Crippen LogP contribution in [0, 0.1) is 0 Å². The minimum absolute atomic E-state index is 0.815. The number of allylic oxidation sites excluding steroid dienone is 2. The maximum absolute atomic E-state index is 5.78. The Bertz CT molecular complexity index is 277. The van der Waals surface area contributed by atoms with Gasteiger partial charge in [0.25, 0.3) is 0 Å². The molecule has 0 atom stereocenters. The molecule has 0 radical (unpaired) electrons. The van der Waals surface area contributed by atoms with Crippen LogP contribution in [0.15, 0.2) is 12.2 Å². The fourth-order valence-corrected chi connectivity index (χ4v) is 3.28. The fourth-order valence-electron chi connectivity index (χ4n) is 3.28. The monoisotopic (exact) mass is 367 g/mol. The van der Waals surface area contributed by atoms with E-state index in [4.69, 9.17) is 4.74 Å². The van der Waals surface area contributed by atoms with Gasteiger partial charge in [0.1, 0.15) is 0 Å². The molecule has 0 fully saturated rings. The van der Waals surface area contributed by atoms with E-state index in [0.717, 1.165) is 26.4 Å². The summed E-state index contributed by atoms with van der Waals surface area (Å²) in [7, 11) is 0. The highest BCUT2D eigenvalue weighted by atomic mass is 16.5. The summed E-state index contributed by atoms with van der Waals surface area (Å²) in [6.07, 6.45) is 25.1. The molecule has 0 aliphatic carbocycles. The van der Waals surface area contributed by atoms with Gasteiger partial charge in [-0.3, -0.25) is 4.90 Å². The van der Waals surface area contributed by atoms with Gasteiger partial charge in [0.2, 0.25) is 0 Å². The minimum Gasteiger partial charge on any atom is -0.366 e. The molecule has 0 bridgehead atoms. The van der Waals surface area contributed by atoms with Gasteiger partial charge in [-0.05, 0) is 45.1 Å². The van der Waals surface area contributed by atoms with Gasteiger partial charge in [0.05, 0.1) is 6.73 Å². The predicted octanol–water partition coefficient (Wildman–Crippen LogP) is 7.73. The number of nitrogens with zero attached hydrogens (tertiary/aromatic N) is 1. The predicted molar refractivity (Wildman–Crippen MR) is 118 cm³/mol. The lowest BCUT2D eigenvalue weighted by atomic mass is 10.1. The third-order valence-electron chi connectivity index (χ3n) is 5.06. The summed E-state index contributed by atoms with van der Waals surface area (Å²) in [6, 6.07) is 0. The van der Waals surface area contributed by atoms with E-state index in [1.807, 2.05) is 0 Å². The van der Waals surface area contributed by atoms with Crippen molar-refractivity contribution in [1.29, 1.82) is 0 Å². The van der Waals surface area contributed by atoms with Crippen molar-refractivity contribution in [2.75, 3.05) is 26.4 Å². The molecular formula is C24H49NO. The van der Waals surface area contributed by atoms with Crippen LogP contribution in [0.1, 0.15) is 117 Å². The van der Waals surface area contributed by atoms with Gasteiger partial charge >= 0.3 is 0 Å². The lowest BCUT2D eigenvalue weighted by Crippen LogP contribution is -2.27. The van der Waals surface area contributed by atoms with Crippen molar-refractivity contribution in [2.24, 2.45) is 0 Å². The van der Waals surface area contributed by atoms with Gasteiger partial charge in [-0.25, -0.2) is 0 Å². The van der Waals surface area contributed by atoms with Crippen LogP contribution in [0.5, 0.6) is 0 Å². The lowest BCUT2D eigenvalue weighted by Gasteiger charge is -2.19. The first-order valence-electron chi connectivity index (χ1n) is 11.8. The first-order chi connectivity index (χ1) is 12.8. The maximum Gasteiger partial charge on any atom is 0.0990 e. The second-order valence-corrected chi connectivity index (χ2v) is 7.69. The van der Waals surface area contributed by atoms with Crippen molar-refractivity contribution >= 4 is 0 Å². The van der Waals surface area contributed by atoms with Crippen LogP contribution in [0.2, 0.25) is 0 Å². The Morgan fingerprint density at radius 1 is 0.615 bits per heavy atom. The molecule has 0 N–H and O–H groups in total. The molecule has 0 aromatic heterocycles. The van der Waals surface area contributed by atoms with Crippen LogP contribution in [0.25, 0.3) is 0 Å². The van der Waals surface area contributed by atoms with E-state index in [9.17, 15) is 0 Å². The molecule has 2 heteroatoms. The zero-order chi connectivity index (χ0) is 19.1. The Morgan fingerprint density at radius 3 is 1.69 bits per heavy atom. The van der Waals surface area contributed by atoms with Crippen LogP contribution in [0.3, 0.4) is 0 Å². The summed E-state index contributed by atoms with van der Waals surface area (Å²) < 4.78 is 5.78. The topological polar surface area (TPSA) is 12.5 Å². The molecule has 26 heavy (non-hydrogen) atoms. The summed E-state index contributed by atoms with van der Waals surface area (Å²) >= 11 is 0. The van der Waals surface area contributed by atoms with Crippen LogP contribution in [-0.4, -0.2) is 31.3 Å². The molecule has 0 rings (SSSR count). The smallest absolute Gasteiger partial charge is 0.0990 e. The van der Waals surface area contributed by atoms with Gasteiger partial charge < -0.3 is 4.74 Å². The molecule has 2 nitrogen and oxygen atoms in total. The van der Waals surface area contributed by atoms with E-state index in [1.165, 1.54) is 96.3 Å². The third kappa shape index (κ3) is 20.0. The van der Waals surface area contributed by atoms with E-state index in [-0.39, 0.29) is 0 Å². The quantitative estimate of drug-likeness (QED) is 0.117. The summed E-state index contributed by atoms with van der Waals surface area (Å²) in [5.41, 5.74) is 0. The zero-order valence-corrected chi connectivity index (χ0v) is 18.4. The molecule has 0 unspecified atom stereocenters. The van der Waals surface area contributed by atoms with Crippen LogP contribution >= 0.6 is 0 Å². The maximum atomic E-state index is 5.78. The number of hydrogen-bond donors (Lipinski definition) is 0. The Labute approximate surface area is 165 Å². The van der Waals surface area contributed by atoms with Gasteiger partial charge in [-0.2, -0.15) is 0 Å². The summed E-state index contributed by atoms with van der Waals surface area (Å²) in [6.45, 7) is 10.7. The second-order valence-electron chi connectivity index (χ2n) is 7.69. The first-order valence-corrected chi connectivity index (χ1v) is 11.8. The Hall–Kier alpha value is -0.340. The largest absolute Gasteiger partial charge is 0.366 e. The average Bonchev–Trinajstić information content (AvgIpc) is 2.66. The van der Waals surface area contributed by atoms with Crippen molar-refractivity contribution in [1.82, 2.24) is 4.90 Å².